The second kappa shape index (κ2) is 12.7. The summed E-state index contributed by atoms with van der Waals surface area (Å²) < 4.78 is 0. The summed E-state index contributed by atoms with van der Waals surface area (Å²) in [6, 6.07) is 45.1. The molecule has 0 saturated carbocycles. The van der Waals surface area contributed by atoms with Gasteiger partial charge in [0, 0.05) is 32.8 Å². The van der Waals surface area contributed by atoms with E-state index in [1.165, 1.54) is 0 Å². The second-order valence-electron chi connectivity index (χ2n) is 12.0. The Labute approximate surface area is 297 Å². The largest absolute Gasteiger partial charge is 0.247 e. The van der Waals surface area contributed by atoms with Gasteiger partial charge in [0.25, 0.3) is 0 Å². The van der Waals surface area contributed by atoms with E-state index in [2.05, 4.69) is 29.1 Å². The van der Waals surface area contributed by atoms with Crippen LogP contribution in [-0.4, -0.2) is 15.0 Å². The van der Waals surface area contributed by atoms with E-state index in [0.717, 1.165) is 38.4 Å². The summed E-state index contributed by atoms with van der Waals surface area (Å²) in [6.45, 7) is 7.49. The Kier molecular flexibility index (Phi) is 7.57. The van der Waals surface area contributed by atoms with Gasteiger partial charge < -0.3 is 0 Å². The van der Waals surface area contributed by atoms with Gasteiger partial charge in [0.1, 0.15) is 0 Å². The lowest BCUT2D eigenvalue weighted by Crippen LogP contribution is -2.00. The monoisotopic (exact) mass is 660 g/mol. The quantitative estimate of drug-likeness (QED) is 0.135. The molecule has 0 amide bonds. The standard InChI is InChI=1S/C44H20N8/c1-49-34-16-14-32(15-17-34)42-41(31-12-8-27(23-46)9-13-31)51-43-36(33-19-28(24-47)18-29(20-33)25-48)21-37-39(44(43)52-42)35-4-2-3-5-38(35)50-40(37)30-10-6-26(22-45)7-11-30/h2-21H. The first-order valence-corrected chi connectivity index (χ1v) is 16.0. The van der Waals surface area contributed by atoms with Crippen molar-refractivity contribution in [2.24, 2.45) is 0 Å². The van der Waals surface area contributed by atoms with Crippen LogP contribution in [0.5, 0.6) is 0 Å². The van der Waals surface area contributed by atoms with Crippen LogP contribution in [0.25, 0.3) is 82.5 Å². The minimum Gasteiger partial charge on any atom is -0.247 e. The van der Waals surface area contributed by atoms with Crippen LogP contribution in [0.4, 0.5) is 5.69 Å². The van der Waals surface area contributed by atoms with Crippen LogP contribution in [0.15, 0.2) is 121 Å². The Hall–Kier alpha value is -8.22. The van der Waals surface area contributed by atoms with Crippen LogP contribution in [0.3, 0.4) is 0 Å². The van der Waals surface area contributed by atoms with Crippen molar-refractivity contribution in [2.75, 3.05) is 0 Å². The summed E-state index contributed by atoms with van der Waals surface area (Å²) in [5, 5.41) is 41.3. The summed E-state index contributed by atoms with van der Waals surface area (Å²) >= 11 is 0. The molecule has 2 aromatic heterocycles. The second-order valence-corrected chi connectivity index (χ2v) is 12.0. The van der Waals surface area contributed by atoms with Gasteiger partial charge >= 0.3 is 0 Å². The highest BCUT2D eigenvalue weighted by Gasteiger charge is 2.22. The molecule has 8 heteroatoms. The lowest BCUT2D eigenvalue weighted by molar-refractivity contribution is 1.30. The Morgan fingerprint density at radius 1 is 0.462 bits per heavy atom. The zero-order valence-electron chi connectivity index (χ0n) is 27.1. The first-order valence-electron chi connectivity index (χ1n) is 16.0. The van der Waals surface area contributed by atoms with Crippen molar-refractivity contribution in [3.8, 4) is 69.2 Å². The number of benzene rings is 6. The van der Waals surface area contributed by atoms with Gasteiger partial charge in [-0.05, 0) is 65.7 Å². The average Bonchev–Trinajstić information content (AvgIpc) is 3.22. The summed E-state index contributed by atoms with van der Waals surface area (Å²) in [6.07, 6.45) is 0. The first-order chi connectivity index (χ1) is 25.5. The number of nitrogens with zero attached hydrogens (tertiary/aromatic N) is 8. The lowest BCUT2D eigenvalue weighted by atomic mass is 9.91. The number of hydrogen-bond acceptors (Lipinski definition) is 7. The van der Waals surface area contributed by atoms with Crippen molar-refractivity contribution in [3.05, 3.63) is 155 Å². The van der Waals surface area contributed by atoms with Crippen molar-refractivity contribution in [2.45, 2.75) is 0 Å². The third kappa shape index (κ3) is 5.27. The van der Waals surface area contributed by atoms with Gasteiger partial charge in [0.05, 0.1) is 86.7 Å². The average molecular weight is 661 g/mol. The molecule has 8 rings (SSSR count). The maximum absolute atomic E-state index is 9.94. The van der Waals surface area contributed by atoms with E-state index in [9.17, 15) is 21.0 Å². The maximum Gasteiger partial charge on any atom is 0.187 e. The molecular weight excluding hydrogens is 641 g/mol. The highest BCUT2D eigenvalue weighted by atomic mass is 14.8. The number of hydrogen-bond donors (Lipinski definition) is 0. The van der Waals surface area contributed by atoms with Crippen molar-refractivity contribution in [1.29, 1.82) is 21.0 Å². The number of fused-ring (bicyclic) bond motifs is 5. The van der Waals surface area contributed by atoms with Crippen LogP contribution in [0, 0.1) is 51.9 Å². The fourth-order valence-electron chi connectivity index (χ4n) is 6.49. The predicted molar refractivity (Wildman–Crippen MR) is 199 cm³/mol. The topological polar surface area (TPSA) is 138 Å². The molecule has 0 fully saturated rings. The first kappa shape index (κ1) is 31.1. The molecule has 0 saturated heterocycles. The number of para-hydroxylation sites is 1. The molecule has 0 aliphatic carbocycles. The summed E-state index contributed by atoms with van der Waals surface area (Å²) in [4.78, 5) is 19.5. The zero-order chi connectivity index (χ0) is 35.8. The summed E-state index contributed by atoms with van der Waals surface area (Å²) in [7, 11) is 0. The Balaban J connectivity index is 1.59. The van der Waals surface area contributed by atoms with E-state index in [-0.39, 0.29) is 0 Å². The third-order valence-corrected chi connectivity index (χ3v) is 8.95. The molecule has 8 nitrogen and oxygen atoms in total. The molecule has 0 atom stereocenters. The molecule has 0 aliphatic heterocycles. The van der Waals surface area contributed by atoms with E-state index >= 15 is 0 Å². The normalized spacial score (nSPS) is 10.6. The van der Waals surface area contributed by atoms with Gasteiger partial charge in [-0.2, -0.15) is 21.0 Å². The van der Waals surface area contributed by atoms with Crippen molar-refractivity contribution in [3.63, 3.8) is 0 Å². The molecule has 8 aromatic rings. The van der Waals surface area contributed by atoms with E-state index < -0.39 is 0 Å². The third-order valence-electron chi connectivity index (χ3n) is 8.95. The Bertz CT molecular complexity index is 2950. The van der Waals surface area contributed by atoms with Crippen LogP contribution >= 0.6 is 0 Å². The van der Waals surface area contributed by atoms with E-state index in [1.54, 1.807) is 54.6 Å². The molecule has 0 bridgehead atoms. The van der Waals surface area contributed by atoms with Crippen molar-refractivity contribution in [1.82, 2.24) is 15.0 Å². The maximum atomic E-state index is 9.94. The molecule has 0 unspecified atom stereocenters. The molecule has 0 radical (unpaired) electrons. The number of pyridine rings is 1. The number of nitriles is 4. The van der Waals surface area contributed by atoms with Gasteiger partial charge in [-0.25, -0.2) is 19.8 Å². The van der Waals surface area contributed by atoms with Crippen LogP contribution in [0.2, 0.25) is 0 Å². The fraction of sp³-hybridized carbons (Fsp3) is 0. The van der Waals surface area contributed by atoms with Gasteiger partial charge in [0.2, 0.25) is 0 Å². The van der Waals surface area contributed by atoms with Crippen molar-refractivity contribution >= 4 is 38.4 Å². The Morgan fingerprint density at radius 3 is 1.54 bits per heavy atom. The van der Waals surface area contributed by atoms with E-state index in [4.69, 9.17) is 21.5 Å². The predicted octanol–water partition coefficient (Wildman–Crippen LogP) is 10.0. The number of rotatable bonds is 4. The highest BCUT2D eigenvalue weighted by molar-refractivity contribution is 6.24. The molecule has 236 valence electrons. The molecule has 0 spiro atoms. The molecule has 2 heterocycles. The number of aromatic nitrogens is 3. The van der Waals surface area contributed by atoms with E-state index in [1.807, 2.05) is 66.7 Å². The molecular formula is C44H20N8. The van der Waals surface area contributed by atoms with Gasteiger partial charge in [-0.1, -0.05) is 66.7 Å². The van der Waals surface area contributed by atoms with Gasteiger partial charge in [-0.15, -0.1) is 0 Å². The Morgan fingerprint density at radius 2 is 0.981 bits per heavy atom. The fourth-order valence-corrected chi connectivity index (χ4v) is 6.49. The zero-order valence-corrected chi connectivity index (χ0v) is 27.1. The molecule has 52 heavy (non-hydrogen) atoms. The van der Waals surface area contributed by atoms with Crippen LogP contribution in [0.1, 0.15) is 22.3 Å². The minimum absolute atomic E-state index is 0.322. The van der Waals surface area contributed by atoms with Gasteiger partial charge in [-0.3, -0.25) is 0 Å². The molecule has 0 aliphatic rings. The summed E-state index contributed by atoms with van der Waals surface area (Å²) in [5.41, 5.74) is 9.29. The van der Waals surface area contributed by atoms with Crippen LogP contribution in [-0.2, 0) is 0 Å². The SMILES string of the molecule is [C-]#[N+]c1ccc(-c2nc3c(nc2-c2ccc(C#N)cc2)c(-c2cc(C#N)cc(C#N)c2)cc2c(-c4ccc(C#N)cc4)nc4ccccc4c23)cc1. The van der Waals surface area contributed by atoms with E-state index in [0.29, 0.717) is 67.2 Å². The van der Waals surface area contributed by atoms with Gasteiger partial charge in [0.15, 0.2) is 5.69 Å². The smallest absolute Gasteiger partial charge is 0.187 e. The molecule has 6 aromatic carbocycles. The molecule has 0 N–H and O–H groups in total. The lowest BCUT2D eigenvalue weighted by Gasteiger charge is -2.18. The van der Waals surface area contributed by atoms with Crippen LogP contribution < -0.4 is 0 Å². The minimum atomic E-state index is 0.322. The summed E-state index contributed by atoms with van der Waals surface area (Å²) in [5.74, 6) is 0. The highest BCUT2D eigenvalue weighted by Crippen LogP contribution is 2.43. The van der Waals surface area contributed by atoms with Crippen molar-refractivity contribution < 1.29 is 0 Å².